The highest BCUT2D eigenvalue weighted by molar-refractivity contribution is 7.90. The lowest BCUT2D eigenvalue weighted by atomic mass is 10.1. The first-order valence-corrected chi connectivity index (χ1v) is 13.9. The highest BCUT2D eigenvalue weighted by Crippen LogP contribution is 2.33. The van der Waals surface area contributed by atoms with Crippen LogP contribution in [0.15, 0.2) is 64.8 Å². The standard InChI is InChI=1S/C25H25F3N6O8S/c1-16-3-5-17(6-4-16)21-13-22(25(26,27)28)29-33(21)19-7-9-20(10-8-19)43(38,39)30-23(35)18-11-12-32(14-18)34(37)31-42-15-41-24(36)40-2/h3-10,13,18H,11-12,14-15H2,1-2H3,(H,30,35). The number of rotatable bonds is 9. The number of carbonyl (C=O) groups excluding carboxylic acids is 2. The summed E-state index contributed by atoms with van der Waals surface area (Å²) in [4.78, 5) is 27.8. The lowest BCUT2D eigenvalue weighted by molar-refractivity contribution is -0.708. The largest absolute Gasteiger partial charge is 0.569 e. The maximum absolute atomic E-state index is 13.5. The molecule has 18 heteroatoms. The van der Waals surface area contributed by atoms with E-state index in [1.165, 1.54) is 12.1 Å². The number of nitrogens with one attached hydrogen (secondary N) is 1. The van der Waals surface area contributed by atoms with Gasteiger partial charge >= 0.3 is 12.3 Å². The van der Waals surface area contributed by atoms with E-state index in [1.54, 1.807) is 24.3 Å². The number of hydrazine groups is 1. The lowest BCUT2D eigenvalue weighted by Gasteiger charge is -2.13. The van der Waals surface area contributed by atoms with Gasteiger partial charge in [0.2, 0.25) is 11.2 Å². The zero-order chi connectivity index (χ0) is 31.4. The SMILES string of the molecule is COC(=O)OCON=[N+]([O-])N1CCC(C(=O)NS(=O)(=O)c2ccc(-n3nc(C(F)(F)F)cc3-c3ccc(C)cc3)cc2)C1. The molecule has 2 heterocycles. The molecule has 230 valence electrons. The van der Waals surface area contributed by atoms with Crippen molar-refractivity contribution in [2.45, 2.75) is 24.4 Å². The van der Waals surface area contributed by atoms with Crippen molar-refractivity contribution in [3.8, 4) is 16.9 Å². The van der Waals surface area contributed by atoms with E-state index in [0.717, 1.165) is 40.6 Å². The number of carbonyl (C=O) groups is 2. The summed E-state index contributed by atoms with van der Waals surface area (Å²) in [5, 5.41) is 19.9. The van der Waals surface area contributed by atoms with Gasteiger partial charge < -0.3 is 19.5 Å². The normalized spacial score (nSPS) is 15.7. The molecule has 3 aromatic rings. The lowest BCUT2D eigenvalue weighted by Crippen LogP contribution is -2.37. The predicted molar refractivity (Wildman–Crippen MR) is 139 cm³/mol. The van der Waals surface area contributed by atoms with Crippen LogP contribution in [0, 0.1) is 18.0 Å². The molecule has 2 aromatic carbocycles. The Bertz CT molecular complexity index is 1610. The fourth-order valence-electron chi connectivity index (χ4n) is 4.06. The van der Waals surface area contributed by atoms with Crippen LogP contribution in [-0.2, 0) is 35.3 Å². The number of hydrogen-bond acceptors (Lipinski definition) is 10. The van der Waals surface area contributed by atoms with Crippen LogP contribution in [0.3, 0.4) is 0 Å². The van der Waals surface area contributed by atoms with Gasteiger partial charge in [-0.15, -0.1) is 5.01 Å². The number of aryl methyl sites for hydroxylation is 1. The van der Waals surface area contributed by atoms with Gasteiger partial charge in [0.05, 0.1) is 47.4 Å². The van der Waals surface area contributed by atoms with Gasteiger partial charge in [-0.3, -0.25) is 4.79 Å². The molecule has 0 saturated carbocycles. The molecule has 1 fully saturated rings. The van der Waals surface area contributed by atoms with Gasteiger partial charge in [0, 0.05) is 5.56 Å². The number of hydrogen-bond donors (Lipinski definition) is 1. The van der Waals surface area contributed by atoms with Crippen molar-refractivity contribution in [3.63, 3.8) is 0 Å². The van der Waals surface area contributed by atoms with Gasteiger partial charge in [-0.1, -0.05) is 29.8 Å². The van der Waals surface area contributed by atoms with Crippen molar-refractivity contribution in [2.75, 3.05) is 27.0 Å². The fraction of sp³-hybridized carbons (Fsp3) is 0.320. The topological polar surface area (TPSA) is 167 Å². The van der Waals surface area contributed by atoms with Gasteiger partial charge in [0.15, 0.2) is 5.69 Å². The molecule has 1 atom stereocenters. The maximum atomic E-state index is 13.5. The van der Waals surface area contributed by atoms with E-state index in [2.05, 4.69) is 24.7 Å². The van der Waals surface area contributed by atoms with Gasteiger partial charge in [-0.25, -0.2) is 22.6 Å². The highest BCUT2D eigenvalue weighted by atomic mass is 32.2. The Morgan fingerprint density at radius 3 is 2.47 bits per heavy atom. The predicted octanol–water partition coefficient (Wildman–Crippen LogP) is 3.54. The number of nitrogens with zero attached hydrogens (tertiary/aromatic N) is 5. The van der Waals surface area contributed by atoms with Gasteiger partial charge in [-0.2, -0.15) is 18.3 Å². The molecule has 1 aliphatic rings. The highest BCUT2D eigenvalue weighted by Gasteiger charge is 2.36. The monoisotopic (exact) mass is 626 g/mol. The van der Waals surface area contributed by atoms with E-state index in [-0.39, 0.29) is 40.8 Å². The molecule has 14 nitrogen and oxygen atoms in total. The van der Waals surface area contributed by atoms with Gasteiger partial charge in [0.1, 0.15) is 0 Å². The molecule has 0 spiro atoms. The molecule has 4 rings (SSSR count). The van der Waals surface area contributed by atoms with Crippen molar-refractivity contribution in [3.05, 3.63) is 71.1 Å². The maximum Gasteiger partial charge on any atom is 0.510 e. The molecule has 1 aliphatic heterocycles. The molecule has 1 unspecified atom stereocenters. The minimum absolute atomic E-state index is 0.0332. The molecular weight excluding hydrogens is 601 g/mol. The van der Waals surface area contributed by atoms with Crippen molar-refractivity contribution in [2.24, 2.45) is 11.2 Å². The first-order valence-electron chi connectivity index (χ1n) is 12.5. The summed E-state index contributed by atoms with van der Waals surface area (Å²) in [7, 11) is -3.30. The summed E-state index contributed by atoms with van der Waals surface area (Å²) in [6.45, 7) is 1.00. The molecule has 1 N–H and O–H groups in total. The molecule has 1 saturated heterocycles. The summed E-state index contributed by atoms with van der Waals surface area (Å²) >= 11 is 0. The number of halogens is 3. The van der Waals surface area contributed by atoms with Crippen LogP contribution in [0.1, 0.15) is 17.7 Å². The molecule has 0 radical (unpaired) electrons. The summed E-state index contributed by atoms with van der Waals surface area (Å²) in [5.74, 6) is -1.77. The Labute approximate surface area is 242 Å². The summed E-state index contributed by atoms with van der Waals surface area (Å²) in [5.41, 5.74) is 0.547. The smallest absolute Gasteiger partial charge is 0.510 e. The fourth-order valence-corrected chi connectivity index (χ4v) is 5.10. The van der Waals surface area contributed by atoms with Crippen LogP contribution in [0.2, 0.25) is 0 Å². The third-order valence-corrected chi connectivity index (χ3v) is 7.64. The Hall–Kier alpha value is -4.87. The minimum atomic E-state index is -4.71. The van der Waals surface area contributed by atoms with E-state index < -0.39 is 46.7 Å². The van der Waals surface area contributed by atoms with Crippen LogP contribution < -0.4 is 4.72 Å². The number of methoxy groups -OCH3 is 1. The van der Waals surface area contributed by atoms with E-state index >= 15 is 0 Å². The molecule has 43 heavy (non-hydrogen) atoms. The van der Waals surface area contributed by atoms with E-state index in [1.807, 2.05) is 11.6 Å². The van der Waals surface area contributed by atoms with E-state index in [9.17, 15) is 36.4 Å². The number of aromatic nitrogens is 2. The number of alkyl halides is 3. The first kappa shape index (κ1) is 31.1. The molecule has 1 aromatic heterocycles. The Balaban J connectivity index is 1.44. The summed E-state index contributed by atoms with van der Waals surface area (Å²) in [6, 6.07) is 12.5. The third kappa shape index (κ3) is 7.51. The van der Waals surface area contributed by atoms with Crippen molar-refractivity contribution >= 4 is 22.1 Å². The second kappa shape index (κ2) is 12.6. The van der Waals surface area contributed by atoms with Crippen molar-refractivity contribution in [1.82, 2.24) is 19.5 Å². The average molecular weight is 627 g/mol. The van der Waals surface area contributed by atoms with Crippen LogP contribution in [0.4, 0.5) is 18.0 Å². The van der Waals surface area contributed by atoms with Gasteiger partial charge in [-0.05, 0) is 43.7 Å². The number of ether oxygens (including phenoxy) is 2. The Kier molecular flexibility index (Phi) is 9.07. The second-order valence-corrected chi connectivity index (χ2v) is 10.9. The number of benzene rings is 2. The third-order valence-electron chi connectivity index (χ3n) is 6.28. The second-order valence-electron chi connectivity index (χ2n) is 9.23. The van der Waals surface area contributed by atoms with Gasteiger partial charge in [0.25, 0.3) is 16.8 Å². The average Bonchev–Trinajstić information content (AvgIpc) is 3.64. The zero-order valence-corrected chi connectivity index (χ0v) is 23.5. The van der Waals surface area contributed by atoms with Crippen LogP contribution in [0.5, 0.6) is 0 Å². The minimum Gasteiger partial charge on any atom is -0.569 e. The first-order chi connectivity index (χ1) is 20.3. The van der Waals surface area contributed by atoms with Crippen LogP contribution >= 0.6 is 0 Å². The van der Waals surface area contributed by atoms with Crippen molar-refractivity contribution in [1.29, 1.82) is 0 Å². The summed E-state index contributed by atoms with van der Waals surface area (Å²) in [6.07, 6.45) is -5.64. The van der Waals surface area contributed by atoms with Crippen LogP contribution in [0.25, 0.3) is 16.9 Å². The summed E-state index contributed by atoms with van der Waals surface area (Å²) < 4.78 is 77.8. The Morgan fingerprint density at radius 2 is 1.84 bits per heavy atom. The molecular formula is C25H25F3N6O8S. The zero-order valence-electron chi connectivity index (χ0n) is 22.6. The quantitative estimate of drug-likeness (QED) is 0.0926. The van der Waals surface area contributed by atoms with Crippen LogP contribution in [-0.4, -0.2) is 67.2 Å². The van der Waals surface area contributed by atoms with Crippen molar-refractivity contribution < 1.29 is 50.5 Å². The van der Waals surface area contributed by atoms with E-state index in [0.29, 0.717) is 5.56 Å². The number of sulfonamides is 1. The van der Waals surface area contributed by atoms with E-state index in [4.69, 9.17) is 0 Å². The molecule has 1 amide bonds. The molecule has 0 bridgehead atoms. The number of amides is 1. The molecule has 0 aliphatic carbocycles. The Morgan fingerprint density at radius 1 is 1.16 bits per heavy atom.